The summed E-state index contributed by atoms with van der Waals surface area (Å²) in [5, 5.41) is 4.01. The van der Waals surface area contributed by atoms with Crippen LogP contribution in [0.4, 0.5) is 0 Å². The number of benzene rings is 2. The predicted octanol–water partition coefficient (Wildman–Crippen LogP) is 3.74. The summed E-state index contributed by atoms with van der Waals surface area (Å²) in [6.45, 7) is 0. The van der Waals surface area contributed by atoms with Crippen LogP contribution in [0.3, 0.4) is 0 Å². The van der Waals surface area contributed by atoms with E-state index in [9.17, 15) is 4.79 Å². The first-order chi connectivity index (χ1) is 12.3. The minimum absolute atomic E-state index is 0.0736. The maximum absolute atomic E-state index is 12.6. The van der Waals surface area contributed by atoms with Crippen molar-refractivity contribution in [3.63, 3.8) is 0 Å². The Kier molecular flexibility index (Phi) is 3.94. The van der Waals surface area contributed by atoms with Crippen molar-refractivity contribution in [1.29, 1.82) is 0 Å². The topological polar surface area (TPSA) is 54.6 Å². The second-order valence-electron chi connectivity index (χ2n) is 6.21. The van der Waals surface area contributed by atoms with Gasteiger partial charge in [-0.1, -0.05) is 60.7 Å². The number of nitrogens with one attached hydrogen (secondary N) is 1. The van der Waals surface area contributed by atoms with E-state index in [-0.39, 0.29) is 17.2 Å². The highest BCUT2D eigenvalue weighted by atomic mass is 16.3. The zero-order valence-corrected chi connectivity index (χ0v) is 13.6. The summed E-state index contributed by atoms with van der Waals surface area (Å²) in [7, 11) is 0. The first kappa shape index (κ1) is 15.4. The Morgan fingerprint density at radius 1 is 1.00 bits per heavy atom. The summed E-state index contributed by atoms with van der Waals surface area (Å²) in [6, 6.07) is 24.0. The monoisotopic (exact) mass is 330 g/mol. The molecule has 0 unspecified atom stereocenters. The zero-order valence-electron chi connectivity index (χ0n) is 13.6. The molecule has 1 atom stereocenters. The van der Waals surface area contributed by atoms with Gasteiger partial charge in [0.1, 0.15) is 5.76 Å². The van der Waals surface area contributed by atoms with Crippen LogP contribution in [-0.2, 0) is 10.2 Å². The molecule has 25 heavy (non-hydrogen) atoms. The molecule has 0 saturated heterocycles. The lowest BCUT2D eigenvalue weighted by Crippen LogP contribution is -2.25. The third-order valence-electron chi connectivity index (χ3n) is 4.76. The number of carbonyl (C=O) groups is 1. The van der Waals surface area contributed by atoms with Crippen LogP contribution in [0, 0.1) is 5.92 Å². The summed E-state index contributed by atoms with van der Waals surface area (Å²) in [4.78, 5) is 12.6. The number of carbonyl (C=O) groups excluding carboxylic acids is 1. The van der Waals surface area contributed by atoms with Gasteiger partial charge in [-0.05, 0) is 29.7 Å². The number of hydrogen-bond donors (Lipinski definition) is 1. The molecular weight excluding hydrogens is 312 g/mol. The van der Waals surface area contributed by atoms with Crippen LogP contribution >= 0.6 is 0 Å². The molecule has 0 spiro atoms. The second-order valence-corrected chi connectivity index (χ2v) is 6.21. The van der Waals surface area contributed by atoms with Crippen molar-refractivity contribution in [2.45, 2.75) is 11.8 Å². The van der Waals surface area contributed by atoms with Crippen LogP contribution in [0.25, 0.3) is 0 Å². The molecule has 1 N–H and O–H groups in total. The minimum atomic E-state index is -0.271. The minimum Gasteiger partial charge on any atom is -0.463 e. The SMILES string of the molecule is O=C(NN=Cc1ccco1)[C@@H]1CC1(c1ccccc1)c1ccccc1. The van der Waals surface area contributed by atoms with E-state index >= 15 is 0 Å². The molecule has 1 aliphatic carbocycles. The Labute approximate surface area is 146 Å². The normalized spacial score (nSPS) is 18.2. The average Bonchev–Trinajstić information content (AvgIpc) is 3.23. The van der Waals surface area contributed by atoms with Gasteiger partial charge in [0.2, 0.25) is 5.91 Å². The molecule has 4 rings (SSSR count). The predicted molar refractivity (Wildman–Crippen MR) is 96.2 cm³/mol. The molecule has 1 amide bonds. The highest BCUT2D eigenvalue weighted by Crippen LogP contribution is 2.58. The van der Waals surface area contributed by atoms with E-state index in [1.807, 2.05) is 36.4 Å². The zero-order chi connectivity index (χ0) is 17.1. The lowest BCUT2D eigenvalue weighted by atomic mass is 9.85. The number of furan rings is 1. The summed E-state index contributed by atoms with van der Waals surface area (Å²) < 4.78 is 5.17. The van der Waals surface area contributed by atoms with E-state index in [1.54, 1.807) is 18.4 Å². The number of amides is 1. The summed E-state index contributed by atoms with van der Waals surface area (Å²) in [5.41, 5.74) is 4.70. The molecule has 2 aromatic carbocycles. The van der Waals surface area contributed by atoms with E-state index in [0.717, 1.165) is 17.5 Å². The highest BCUT2D eigenvalue weighted by Gasteiger charge is 2.60. The van der Waals surface area contributed by atoms with Crippen LogP contribution in [0.15, 0.2) is 88.6 Å². The molecule has 1 aromatic heterocycles. The molecule has 0 aliphatic heterocycles. The maximum atomic E-state index is 12.6. The van der Waals surface area contributed by atoms with Crippen molar-refractivity contribution in [3.8, 4) is 0 Å². The summed E-state index contributed by atoms with van der Waals surface area (Å²) >= 11 is 0. The van der Waals surface area contributed by atoms with Gasteiger partial charge in [0.15, 0.2) is 0 Å². The number of rotatable bonds is 5. The molecule has 1 aliphatic rings. The summed E-state index contributed by atoms with van der Waals surface area (Å²) in [6.07, 6.45) is 3.86. The number of hydrogen-bond acceptors (Lipinski definition) is 3. The van der Waals surface area contributed by atoms with Crippen molar-refractivity contribution < 1.29 is 9.21 Å². The lowest BCUT2D eigenvalue weighted by Gasteiger charge is -2.18. The van der Waals surface area contributed by atoms with Gasteiger partial charge in [-0.3, -0.25) is 4.79 Å². The average molecular weight is 330 g/mol. The molecular formula is C21H18N2O2. The molecule has 1 saturated carbocycles. The first-order valence-electron chi connectivity index (χ1n) is 8.28. The Morgan fingerprint density at radius 3 is 2.20 bits per heavy atom. The van der Waals surface area contributed by atoms with Crippen LogP contribution in [0.5, 0.6) is 0 Å². The van der Waals surface area contributed by atoms with Crippen LogP contribution in [-0.4, -0.2) is 12.1 Å². The number of hydrazone groups is 1. The Balaban J connectivity index is 1.57. The molecule has 4 nitrogen and oxygen atoms in total. The number of nitrogens with zero attached hydrogens (tertiary/aromatic N) is 1. The van der Waals surface area contributed by atoms with Gasteiger partial charge in [-0.25, -0.2) is 5.43 Å². The largest absolute Gasteiger partial charge is 0.463 e. The first-order valence-corrected chi connectivity index (χ1v) is 8.28. The van der Waals surface area contributed by atoms with Crippen molar-refractivity contribution in [3.05, 3.63) is 95.9 Å². The van der Waals surface area contributed by atoms with Crippen LogP contribution < -0.4 is 5.43 Å². The van der Waals surface area contributed by atoms with E-state index < -0.39 is 0 Å². The molecule has 1 fully saturated rings. The molecule has 4 heteroatoms. The van der Waals surface area contributed by atoms with Gasteiger partial charge < -0.3 is 4.42 Å². The van der Waals surface area contributed by atoms with E-state index in [2.05, 4.69) is 34.8 Å². The van der Waals surface area contributed by atoms with Gasteiger partial charge in [0.05, 0.1) is 18.4 Å². The highest BCUT2D eigenvalue weighted by molar-refractivity contribution is 5.87. The standard InChI is InChI=1S/C21H18N2O2/c24-20(23-22-15-18-12-7-13-25-18)19-14-21(19,16-8-3-1-4-9-16)17-10-5-2-6-11-17/h1-13,15,19H,14H2,(H,23,24)/t19-/m0/s1. The molecule has 124 valence electrons. The van der Waals surface area contributed by atoms with E-state index in [1.165, 1.54) is 6.21 Å². The Bertz CT molecular complexity index is 831. The van der Waals surface area contributed by atoms with Gasteiger partial charge in [0, 0.05) is 5.41 Å². The van der Waals surface area contributed by atoms with Gasteiger partial charge in [0.25, 0.3) is 0 Å². The quantitative estimate of drug-likeness (QED) is 0.572. The maximum Gasteiger partial charge on any atom is 0.244 e. The third kappa shape index (κ3) is 2.87. The van der Waals surface area contributed by atoms with Gasteiger partial charge in [-0.2, -0.15) is 5.10 Å². The van der Waals surface area contributed by atoms with Crippen molar-refractivity contribution >= 4 is 12.1 Å². The Hall–Kier alpha value is -3.14. The fraction of sp³-hybridized carbons (Fsp3) is 0.143. The van der Waals surface area contributed by atoms with Crippen LogP contribution in [0.1, 0.15) is 23.3 Å². The third-order valence-corrected chi connectivity index (χ3v) is 4.76. The molecule has 3 aromatic rings. The van der Waals surface area contributed by atoms with Crippen LogP contribution in [0.2, 0.25) is 0 Å². The van der Waals surface area contributed by atoms with E-state index in [4.69, 9.17) is 4.42 Å². The lowest BCUT2D eigenvalue weighted by molar-refractivity contribution is -0.122. The van der Waals surface area contributed by atoms with Gasteiger partial charge in [-0.15, -0.1) is 0 Å². The summed E-state index contributed by atoms with van der Waals surface area (Å²) in [5.74, 6) is 0.398. The smallest absolute Gasteiger partial charge is 0.244 e. The second kappa shape index (κ2) is 6.40. The Morgan fingerprint density at radius 2 is 1.64 bits per heavy atom. The van der Waals surface area contributed by atoms with Gasteiger partial charge >= 0.3 is 0 Å². The van der Waals surface area contributed by atoms with Crippen molar-refractivity contribution in [2.24, 2.45) is 11.0 Å². The molecule has 0 radical (unpaired) electrons. The fourth-order valence-electron chi connectivity index (χ4n) is 3.46. The van der Waals surface area contributed by atoms with Crippen molar-refractivity contribution in [1.82, 2.24) is 5.43 Å². The van der Waals surface area contributed by atoms with Crippen molar-refractivity contribution in [2.75, 3.05) is 0 Å². The molecule has 1 heterocycles. The fourth-order valence-corrected chi connectivity index (χ4v) is 3.46. The molecule has 0 bridgehead atoms. The van der Waals surface area contributed by atoms with E-state index in [0.29, 0.717) is 5.76 Å².